The van der Waals surface area contributed by atoms with Crippen LogP contribution in [0.15, 0.2) is 61.4 Å². The summed E-state index contributed by atoms with van der Waals surface area (Å²) in [6, 6.07) is 11.2. The van der Waals surface area contributed by atoms with Crippen molar-refractivity contribution >= 4 is 0 Å². The zero-order valence-electron chi connectivity index (χ0n) is 10.9. The minimum atomic E-state index is 0.495. The van der Waals surface area contributed by atoms with Crippen LogP contribution in [-0.2, 0) is 0 Å². The summed E-state index contributed by atoms with van der Waals surface area (Å²) in [6.07, 6.45) is 10.2. The summed E-state index contributed by atoms with van der Waals surface area (Å²) < 4.78 is 2.25. The lowest BCUT2D eigenvalue weighted by Crippen LogP contribution is -1.98. The summed E-state index contributed by atoms with van der Waals surface area (Å²) in [5.41, 5.74) is 2.37. The van der Waals surface area contributed by atoms with Crippen molar-refractivity contribution in [1.82, 2.24) is 19.5 Å². The number of hydrogen-bond acceptors (Lipinski definition) is 3. The van der Waals surface area contributed by atoms with Crippen molar-refractivity contribution in [3.8, 4) is 11.4 Å². The van der Waals surface area contributed by atoms with Gasteiger partial charge in [0.1, 0.15) is 12.2 Å². The fraction of sp³-hybridized carbons (Fsp3) is 0.188. The molecule has 4 rings (SSSR count). The van der Waals surface area contributed by atoms with Crippen molar-refractivity contribution in [3.63, 3.8) is 0 Å². The van der Waals surface area contributed by atoms with Crippen LogP contribution < -0.4 is 0 Å². The third-order valence-electron chi connectivity index (χ3n) is 3.83. The van der Waals surface area contributed by atoms with Gasteiger partial charge in [-0.25, -0.2) is 15.0 Å². The first-order valence-electron chi connectivity index (χ1n) is 6.76. The molecule has 2 aromatic heterocycles. The lowest BCUT2D eigenvalue weighted by molar-refractivity contribution is 0.724. The average Bonchev–Trinajstić information content (AvgIpc) is 3.17. The molecule has 0 radical (unpaired) electrons. The quantitative estimate of drug-likeness (QED) is 0.728. The van der Waals surface area contributed by atoms with Crippen LogP contribution in [0.25, 0.3) is 11.4 Å². The molecule has 1 aliphatic rings. The highest BCUT2D eigenvalue weighted by Crippen LogP contribution is 2.52. The van der Waals surface area contributed by atoms with Gasteiger partial charge in [0, 0.05) is 36.7 Å². The first kappa shape index (κ1) is 11.3. The molecular formula is C16H14N4. The van der Waals surface area contributed by atoms with Gasteiger partial charge in [-0.05, 0) is 12.0 Å². The Morgan fingerprint density at radius 1 is 1.05 bits per heavy atom. The Bertz CT molecular complexity index is 706. The lowest BCUT2D eigenvalue weighted by atomic mass is 10.1. The molecule has 1 aliphatic carbocycles. The predicted molar refractivity (Wildman–Crippen MR) is 76.1 cm³/mol. The maximum Gasteiger partial charge on any atom is 0.143 e. The molecule has 98 valence electrons. The SMILES string of the molecule is c1ccc([C@@H]2C[C@H]2n2ccnc2-c2cncnc2)cc1. The van der Waals surface area contributed by atoms with E-state index in [-0.39, 0.29) is 0 Å². The molecule has 20 heavy (non-hydrogen) atoms. The van der Waals surface area contributed by atoms with Gasteiger partial charge in [-0.15, -0.1) is 0 Å². The van der Waals surface area contributed by atoms with Crippen LogP contribution in [0.3, 0.4) is 0 Å². The molecule has 0 unspecified atom stereocenters. The van der Waals surface area contributed by atoms with Gasteiger partial charge in [0.25, 0.3) is 0 Å². The van der Waals surface area contributed by atoms with Gasteiger partial charge in [0.05, 0.1) is 5.56 Å². The molecule has 0 N–H and O–H groups in total. The van der Waals surface area contributed by atoms with E-state index >= 15 is 0 Å². The maximum atomic E-state index is 4.46. The highest BCUT2D eigenvalue weighted by Gasteiger charge is 2.40. The van der Waals surface area contributed by atoms with Crippen LogP contribution in [0, 0.1) is 0 Å². The van der Waals surface area contributed by atoms with E-state index in [9.17, 15) is 0 Å². The van der Waals surface area contributed by atoms with E-state index in [0.29, 0.717) is 12.0 Å². The van der Waals surface area contributed by atoms with Gasteiger partial charge in [-0.1, -0.05) is 30.3 Å². The number of rotatable bonds is 3. The summed E-state index contributed by atoms with van der Waals surface area (Å²) in [7, 11) is 0. The van der Waals surface area contributed by atoms with Gasteiger partial charge in [-0.2, -0.15) is 0 Å². The van der Waals surface area contributed by atoms with Gasteiger partial charge in [0.15, 0.2) is 0 Å². The van der Waals surface area contributed by atoms with Crippen LogP contribution in [0.2, 0.25) is 0 Å². The van der Waals surface area contributed by atoms with Crippen LogP contribution in [0.1, 0.15) is 23.9 Å². The zero-order chi connectivity index (χ0) is 13.4. The van der Waals surface area contributed by atoms with Crippen LogP contribution >= 0.6 is 0 Å². The summed E-state index contributed by atoms with van der Waals surface area (Å²) in [5, 5.41) is 0. The number of hydrogen-bond donors (Lipinski definition) is 0. The third kappa shape index (κ3) is 1.90. The fourth-order valence-electron chi connectivity index (χ4n) is 2.77. The van der Waals surface area contributed by atoms with E-state index in [2.05, 4.69) is 56.0 Å². The summed E-state index contributed by atoms with van der Waals surface area (Å²) >= 11 is 0. The minimum absolute atomic E-state index is 0.495. The summed E-state index contributed by atoms with van der Waals surface area (Å²) in [6.45, 7) is 0. The standard InChI is InChI=1S/C16H14N4/c1-2-4-12(5-3-1)14-8-15(14)20-7-6-19-16(20)13-9-17-11-18-10-13/h1-7,9-11,14-15H,8H2/t14-,15+/m0/s1. The van der Waals surface area contributed by atoms with E-state index in [1.165, 1.54) is 12.0 Å². The Morgan fingerprint density at radius 3 is 2.65 bits per heavy atom. The van der Waals surface area contributed by atoms with E-state index < -0.39 is 0 Å². The van der Waals surface area contributed by atoms with Crippen LogP contribution in [0.5, 0.6) is 0 Å². The molecular weight excluding hydrogens is 248 g/mol. The van der Waals surface area contributed by atoms with Crippen LogP contribution in [0.4, 0.5) is 0 Å². The van der Waals surface area contributed by atoms with Crippen molar-refractivity contribution in [2.45, 2.75) is 18.4 Å². The van der Waals surface area contributed by atoms with Crippen molar-refractivity contribution in [2.24, 2.45) is 0 Å². The monoisotopic (exact) mass is 262 g/mol. The highest BCUT2D eigenvalue weighted by molar-refractivity contribution is 5.53. The number of benzene rings is 1. The van der Waals surface area contributed by atoms with E-state index in [1.807, 2.05) is 18.6 Å². The van der Waals surface area contributed by atoms with E-state index in [0.717, 1.165) is 11.4 Å². The molecule has 0 bridgehead atoms. The fourth-order valence-corrected chi connectivity index (χ4v) is 2.77. The van der Waals surface area contributed by atoms with Crippen molar-refractivity contribution < 1.29 is 0 Å². The average molecular weight is 262 g/mol. The molecule has 4 nitrogen and oxygen atoms in total. The van der Waals surface area contributed by atoms with Crippen LogP contribution in [-0.4, -0.2) is 19.5 Å². The van der Waals surface area contributed by atoms with Gasteiger partial charge < -0.3 is 4.57 Å². The Kier molecular flexibility index (Phi) is 2.59. The largest absolute Gasteiger partial charge is 0.327 e. The second-order valence-electron chi connectivity index (χ2n) is 5.11. The molecule has 1 fully saturated rings. The topological polar surface area (TPSA) is 43.6 Å². The summed E-state index contributed by atoms with van der Waals surface area (Å²) in [4.78, 5) is 12.6. The Balaban J connectivity index is 1.65. The molecule has 3 aromatic rings. The van der Waals surface area contributed by atoms with Gasteiger partial charge in [-0.3, -0.25) is 0 Å². The van der Waals surface area contributed by atoms with Gasteiger partial charge >= 0.3 is 0 Å². The van der Waals surface area contributed by atoms with E-state index in [1.54, 1.807) is 6.33 Å². The molecule has 1 aromatic carbocycles. The normalized spacial score (nSPS) is 20.8. The number of imidazole rings is 1. The Hall–Kier alpha value is -2.49. The second-order valence-corrected chi connectivity index (χ2v) is 5.11. The lowest BCUT2D eigenvalue weighted by Gasteiger charge is -2.07. The van der Waals surface area contributed by atoms with Crippen molar-refractivity contribution in [2.75, 3.05) is 0 Å². The number of nitrogens with zero attached hydrogens (tertiary/aromatic N) is 4. The number of aromatic nitrogens is 4. The molecule has 2 heterocycles. The molecule has 1 saturated carbocycles. The molecule has 4 heteroatoms. The van der Waals surface area contributed by atoms with Gasteiger partial charge in [0.2, 0.25) is 0 Å². The third-order valence-corrected chi connectivity index (χ3v) is 3.83. The second kappa shape index (κ2) is 4.56. The zero-order valence-corrected chi connectivity index (χ0v) is 10.9. The molecule has 2 atom stereocenters. The van der Waals surface area contributed by atoms with Crippen molar-refractivity contribution in [3.05, 3.63) is 67.0 Å². The smallest absolute Gasteiger partial charge is 0.143 e. The first-order chi connectivity index (χ1) is 9.93. The molecule has 0 amide bonds. The molecule has 0 spiro atoms. The van der Waals surface area contributed by atoms with Crippen molar-refractivity contribution in [1.29, 1.82) is 0 Å². The summed E-state index contributed by atoms with van der Waals surface area (Å²) in [5.74, 6) is 1.54. The molecule has 0 saturated heterocycles. The maximum absolute atomic E-state index is 4.46. The molecule has 0 aliphatic heterocycles. The Morgan fingerprint density at radius 2 is 1.85 bits per heavy atom. The predicted octanol–water partition coefficient (Wildman–Crippen LogP) is 3.07. The van der Waals surface area contributed by atoms with E-state index in [4.69, 9.17) is 0 Å². The first-order valence-corrected chi connectivity index (χ1v) is 6.76. The minimum Gasteiger partial charge on any atom is -0.327 e. The Labute approximate surface area is 117 Å². The highest BCUT2D eigenvalue weighted by atomic mass is 15.1.